The second kappa shape index (κ2) is 7.57. The third-order valence-electron chi connectivity index (χ3n) is 3.54. The van der Waals surface area contributed by atoms with Gasteiger partial charge in [0.1, 0.15) is 0 Å². The van der Waals surface area contributed by atoms with Crippen LogP contribution in [0.3, 0.4) is 0 Å². The minimum Gasteiger partial charge on any atom is -0.474 e. The first-order valence-corrected chi connectivity index (χ1v) is 7.61. The van der Waals surface area contributed by atoms with Crippen molar-refractivity contribution in [2.75, 3.05) is 5.32 Å². The van der Waals surface area contributed by atoms with Crippen molar-refractivity contribution in [2.24, 2.45) is 0 Å². The van der Waals surface area contributed by atoms with E-state index in [0.29, 0.717) is 11.3 Å². The molecule has 2 aromatic rings. The zero-order chi connectivity index (χ0) is 18.6. The van der Waals surface area contributed by atoms with Crippen LogP contribution in [0.5, 0.6) is 5.75 Å². The van der Waals surface area contributed by atoms with E-state index < -0.39 is 16.9 Å². The van der Waals surface area contributed by atoms with Gasteiger partial charge in [0.25, 0.3) is 5.91 Å². The summed E-state index contributed by atoms with van der Waals surface area (Å²) in [5.41, 5.74) is 1.58. The van der Waals surface area contributed by atoms with E-state index in [1.807, 2.05) is 0 Å². The van der Waals surface area contributed by atoms with Gasteiger partial charge in [-0.15, -0.1) is 0 Å². The Morgan fingerprint density at radius 1 is 1.16 bits per heavy atom. The summed E-state index contributed by atoms with van der Waals surface area (Å²) < 4.78 is 5.45. The number of nitrogens with zero attached hydrogens (tertiary/aromatic N) is 1. The van der Waals surface area contributed by atoms with Crippen LogP contribution in [-0.4, -0.2) is 22.7 Å². The van der Waals surface area contributed by atoms with Gasteiger partial charge in [-0.3, -0.25) is 19.7 Å². The standard InChI is InChI=1S/C18H18N2O5/c1-11-4-9-17(16(10-11)20(23)24)25-13(3)18(22)19-15-7-5-14(6-8-15)12(2)21/h4-10,13H,1-3H3,(H,19,22)/t13-/m0/s1. The molecule has 0 aromatic heterocycles. The van der Waals surface area contributed by atoms with Crippen LogP contribution in [0.1, 0.15) is 29.8 Å². The van der Waals surface area contributed by atoms with E-state index in [4.69, 9.17) is 4.74 Å². The lowest BCUT2D eigenvalue weighted by atomic mass is 10.1. The third kappa shape index (κ3) is 4.63. The summed E-state index contributed by atoms with van der Waals surface area (Å²) in [5, 5.41) is 13.7. The topological polar surface area (TPSA) is 98.5 Å². The smallest absolute Gasteiger partial charge is 0.311 e. The lowest BCUT2D eigenvalue weighted by molar-refractivity contribution is -0.386. The summed E-state index contributed by atoms with van der Waals surface area (Å²) in [6.07, 6.45) is -0.936. The van der Waals surface area contributed by atoms with Gasteiger partial charge in [0.2, 0.25) is 0 Å². The number of nitrogens with one attached hydrogen (secondary N) is 1. The molecular formula is C18H18N2O5. The summed E-state index contributed by atoms with van der Waals surface area (Å²) in [6, 6.07) is 11.0. The number of rotatable bonds is 6. The highest BCUT2D eigenvalue weighted by atomic mass is 16.6. The van der Waals surface area contributed by atoms with E-state index >= 15 is 0 Å². The number of aryl methyl sites for hydroxylation is 1. The molecule has 7 nitrogen and oxygen atoms in total. The van der Waals surface area contributed by atoms with Gasteiger partial charge in [-0.1, -0.05) is 6.07 Å². The van der Waals surface area contributed by atoms with Crippen molar-refractivity contribution in [3.05, 3.63) is 63.7 Å². The molecule has 0 aliphatic rings. The molecule has 0 aliphatic heterocycles. The van der Waals surface area contributed by atoms with Crippen molar-refractivity contribution in [3.63, 3.8) is 0 Å². The molecule has 130 valence electrons. The number of carbonyl (C=O) groups excluding carboxylic acids is 2. The number of Topliss-reactive ketones (excluding diaryl/α,β-unsaturated/α-hetero) is 1. The van der Waals surface area contributed by atoms with Crippen molar-refractivity contribution >= 4 is 23.1 Å². The Labute approximate surface area is 144 Å². The Morgan fingerprint density at radius 3 is 2.36 bits per heavy atom. The highest BCUT2D eigenvalue weighted by Gasteiger charge is 2.21. The van der Waals surface area contributed by atoms with Crippen molar-refractivity contribution in [3.8, 4) is 5.75 Å². The summed E-state index contributed by atoms with van der Waals surface area (Å²) in [5.74, 6) is -0.489. The maximum atomic E-state index is 12.2. The molecule has 1 atom stereocenters. The predicted octanol–water partition coefficient (Wildman–Crippen LogP) is 3.51. The second-order valence-electron chi connectivity index (χ2n) is 5.61. The van der Waals surface area contributed by atoms with Gasteiger partial charge in [0, 0.05) is 17.3 Å². The quantitative estimate of drug-likeness (QED) is 0.492. The van der Waals surface area contributed by atoms with Crippen molar-refractivity contribution in [1.82, 2.24) is 0 Å². The molecule has 0 fully saturated rings. The van der Waals surface area contributed by atoms with Gasteiger partial charge in [0.05, 0.1) is 4.92 Å². The van der Waals surface area contributed by atoms with Crippen LogP contribution >= 0.6 is 0 Å². The zero-order valence-electron chi connectivity index (χ0n) is 14.1. The van der Waals surface area contributed by atoms with Crippen LogP contribution < -0.4 is 10.1 Å². The fraction of sp³-hybridized carbons (Fsp3) is 0.222. The highest BCUT2D eigenvalue weighted by Crippen LogP contribution is 2.28. The summed E-state index contributed by atoms with van der Waals surface area (Å²) in [7, 11) is 0. The van der Waals surface area contributed by atoms with Crippen molar-refractivity contribution in [1.29, 1.82) is 0 Å². The Bertz CT molecular complexity index is 815. The van der Waals surface area contributed by atoms with Crippen LogP contribution in [0, 0.1) is 17.0 Å². The van der Waals surface area contributed by atoms with Gasteiger partial charge < -0.3 is 10.1 Å². The molecule has 0 saturated carbocycles. The van der Waals surface area contributed by atoms with Crippen LogP contribution in [0.4, 0.5) is 11.4 Å². The molecule has 0 saturated heterocycles. The molecular weight excluding hydrogens is 324 g/mol. The highest BCUT2D eigenvalue weighted by molar-refractivity contribution is 5.96. The molecule has 1 amide bonds. The van der Waals surface area contributed by atoms with Crippen LogP contribution in [0.2, 0.25) is 0 Å². The number of hydrogen-bond acceptors (Lipinski definition) is 5. The molecule has 0 unspecified atom stereocenters. The first kappa shape index (κ1) is 18.1. The maximum Gasteiger partial charge on any atom is 0.311 e. The fourth-order valence-electron chi connectivity index (χ4n) is 2.15. The molecule has 0 spiro atoms. The lowest BCUT2D eigenvalue weighted by Crippen LogP contribution is -2.30. The molecule has 0 bridgehead atoms. The number of anilines is 1. The zero-order valence-corrected chi connectivity index (χ0v) is 14.1. The molecule has 7 heteroatoms. The Kier molecular flexibility index (Phi) is 5.49. The second-order valence-corrected chi connectivity index (χ2v) is 5.61. The summed E-state index contributed by atoms with van der Waals surface area (Å²) >= 11 is 0. The average Bonchev–Trinajstić information content (AvgIpc) is 2.56. The molecule has 1 N–H and O–H groups in total. The van der Waals surface area contributed by atoms with E-state index in [9.17, 15) is 19.7 Å². The SMILES string of the molecule is CC(=O)c1ccc(NC(=O)[C@H](C)Oc2ccc(C)cc2[N+](=O)[O-])cc1. The van der Waals surface area contributed by atoms with Gasteiger partial charge in [-0.25, -0.2) is 0 Å². The number of carbonyl (C=O) groups is 2. The van der Waals surface area contributed by atoms with Gasteiger partial charge in [-0.2, -0.15) is 0 Å². The first-order valence-electron chi connectivity index (χ1n) is 7.61. The fourth-order valence-corrected chi connectivity index (χ4v) is 2.15. The predicted molar refractivity (Wildman–Crippen MR) is 93.0 cm³/mol. The number of amides is 1. The van der Waals surface area contributed by atoms with Crippen LogP contribution in [-0.2, 0) is 4.79 Å². The monoisotopic (exact) mass is 342 g/mol. The van der Waals surface area contributed by atoms with Gasteiger partial charge >= 0.3 is 5.69 Å². The number of ether oxygens (including phenoxy) is 1. The van der Waals surface area contributed by atoms with Crippen LogP contribution in [0.15, 0.2) is 42.5 Å². The van der Waals surface area contributed by atoms with Gasteiger partial charge in [-0.05, 0) is 56.7 Å². The Balaban J connectivity index is 2.08. The number of nitro groups is 1. The number of benzene rings is 2. The minimum absolute atomic E-state index is 0.0326. The molecule has 2 aromatic carbocycles. The number of hydrogen-bond donors (Lipinski definition) is 1. The lowest BCUT2D eigenvalue weighted by Gasteiger charge is -2.15. The summed E-state index contributed by atoms with van der Waals surface area (Å²) in [4.78, 5) is 34.0. The first-order chi connectivity index (χ1) is 11.8. The van der Waals surface area contributed by atoms with E-state index in [2.05, 4.69) is 5.32 Å². The normalized spacial score (nSPS) is 11.5. The Morgan fingerprint density at radius 2 is 1.80 bits per heavy atom. The van der Waals surface area contributed by atoms with E-state index in [1.165, 1.54) is 26.0 Å². The Hall–Kier alpha value is -3.22. The number of ketones is 1. The van der Waals surface area contributed by atoms with E-state index in [-0.39, 0.29) is 17.2 Å². The molecule has 25 heavy (non-hydrogen) atoms. The van der Waals surface area contributed by atoms with Gasteiger partial charge in [0.15, 0.2) is 17.6 Å². The minimum atomic E-state index is -0.936. The molecule has 0 aliphatic carbocycles. The maximum absolute atomic E-state index is 12.2. The van der Waals surface area contributed by atoms with E-state index in [0.717, 1.165) is 5.56 Å². The molecule has 2 rings (SSSR count). The molecule has 0 heterocycles. The molecule has 0 radical (unpaired) electrons. The van der Waals surface area contributed by atoms with Crippen molar-refractivity contribution < 1.29 is 19.2 Å². The average molecular weight is 342 g/mol. The van der Waals surface area contributed by atoms with Crippen molar-refractivity contribution in [2.45, 2.75) is 26.9 Å². The third-order valence-corrected chi connectivity index (χ3v) is 3.54. The van der Waals surface area contributed by atoms with Crippen LogP contribution in [0.25, 0.3) is 0 Å². The van der Waals surface area contributed by atoms with E-state index in [1.54, 1.807) is 37.3 Å². The largest absolute Gasteiger partial charge is 0.474 e. The number of nitro benzene ring substituents is 1. The summed E-state index contributed by atoms with van der Waals surface area (Å²) in [6.45, 7) is 4.69.